The average Bonchev–Trinajstić information content (AvgIpc) is 3.24. The second kappa shape index (κ2) is 6.27. The van der Waals surface area contributed by atoms with E-state index in [0.29, 0.717) is 42.3 Å². The smallest absolute Gasteiger partial charge is 0.312 e. The zero-order valence-corrected chi connectivity index (χ0v) is 17.5. The first-order valence-electron chi connectivity index (χ1n) is 11.2. The molecule has 0 aromatic heterocycles. The van der Waals surface area contributed by atoms with Gasteiger partial charge in [-0.1, -0.05) is 18.6 Å². The average molecular weight is 384 g/mol. The molecule has 6 unspecified atom stereocenters. The van der Waals surface area contributed by atoms with E-state index in [2.05, 4.69) is 19.9 Å². The van der Waals surface area contributed by atoms with Crippen molar-refractivity contribution in [3.05, 3.63) is 11.6 Å². The number of carbonyl (C=O) groups is 2. The molecule has 0 aromatic rings. The molecule has 0 aromatic carbocycles. The van der Waals surface area contributed by atoms with E-state index in [4.69, 9.17) is 9.73 Å². The molecular weight excluding hydrogens is 350 g/mol. The van der Waals surface area contributed by atoms with E-state index in [0.717, 1.165) is 19.3 Å². The Morgan fingerprint density at radius 2 is 1.93 bits per heavy atom. The number of ether oxygens (including phenoxy) is 1. The lowest BCUT2D eigenvalue weighted by Crippen LogP contribution is -2.53. The first kappa shape index (κ1) is 18.6. The predicted octanol–water partition coefficient (Wildman–Crippen LogP) is 4.52. The van der Waals surface area contributed by atoms with Crippen molar-refractivity contribution in [3.63, 3.8) is 0 Å². The van der Waals surface area contributed by atoms with Crippen LogP contribution in [-0.4, -0.2) is 30.1 Å². The van der Waals surface area contributed by atoms with Crippen molar-refractivity contribution >= 4 is 17.5 Å². The van der Waals surface area contributed by atoms with Gasteiger partial charge in [0.25, 0.3) is 0 Å². The molecule has 3 saturated carbocycles. The van der Waals surface area contributed by atoms with Crippen LogP contribution in [0.15, 0.2) is 16.6 Å². The fraction of sp³-hybridized carbons (Fsp3) is 0.792. The van der Waals surface area contributed by atoms with Crippen LogP contribution in [0.3, 0.4) is 0 Å². The molecule has 28 heavy (non-hydrogen) atoms. The number of esters is 1. The highest BCUT2D eigenvalue weighted by Gasteiger charge is 2.61. The molecule has 5 aliphatic rings. The van der Waals surface area contributed by atoms with Crippen molar-refractivity contribution in [1.29, 1.82) is 0 Å². The van der Waals surface area contributed by atoms with E-state index in [1.807, 2.05) is 0 Å². The molecule has 152 valence electrons. The van der Waals surface area contributed by atoms with Gasteiger partial charge in [0.15, 0.2) is 0 Å². The number of rotatable bonds is 1. The van der Waals surface area contributed by atoms with Gasteiger partial charge in [-0.25, -0.2) is 0 Å². The third-order valence-electron chi connectivity index (χ3n) is 9.33. The summed E-state index contributed by atoms with van der Waals surface area (Å²) in [5.41, 5.74) is 2.77. The van der Waals surface area contributed by atoms with Gasteiger partial charge in [-0.2, -0.15) is 0 Å². The molecule has 0 radical (unpaired) electrons. The molecule has 0 N–H and O–H groups in total. The van der Waals surface area contributed by atoms with Gasteiger partial charge in [0.05, 0.1) is 18.6 Å². The van der Waals surface area contributed by atoms with Crippen molar-refractivity contribution in [3.8, 4) is 0 Å². The number of carbonyl (C=O) groups excluding carboxylic acids is 2. The second-order valence-electron chi connectivity index (χ2n) is 10.4. The largest absolute Gasteiger partial charge is 0.469 e. The highest BCUT2D eigenvalue weighted by molar-refractivity contribution is 5.85. The number of allylic oxidation sites excluding steroid dienone is 1. The molecule has 0 amide bonds. The van der Waals surface area contributed by atoms with Crippen LogP contribution in [-0.2, 0) is 14.3 Å². The van der Waals surface area contributed by atoms with E-state index in [1.54, 1.807) is 0 Å². The van der Waals surface area contributed by atoms with Gasteiger partial charge in [-0.05, 0) is 81.0 Å². The molecule has 1 spiro atoms. The first-order chi connectivity index (χ1) is 13.4. The summed E-state index contributed by atoms with van der Waals surface area (Å²) in [5, 5.41) is 0. The van der Waals surface area contributed by atoms with Crippen molar-refractivity contribution in [2.75, 3.05) is 7.11 Å². The van der Waals surface area contributed by atoms with E-state index in [1.165, 1.54) is 44.1 Å². The normalized spacial score (nSPS) is 47.1. The number of hydrogen-bond donors (Lipinski definition) is 0. The van der Waals surface area contributed by atoms with Gasteiger partial charge in [0.2, 0.25) is 0 Å². The zero-order valence-electron chi connectivity index (χ0n) is 17.5. The van der Waals surface area contributed by atoms with Gasteiger partial charge in [0.1, 0.15) is 5.78 Å². The minimum atomic E-state index is -0.182. The van der Waals surface area contributed by atoms with Crippen LogP contribution in [0.5, 0.6) is 0 Å². The lowest BCUT2D eigenvalue weighted by Gasteiger charge is -2.56. The summed E-state index contributed by atoms with van der Waals surface area (Å²) >= 11 is 0. The number of fused-ring (bicyclic) bond motifs is 6. The number of aliphatic imine (C=N–C) groups is 1. The molecule has 0 bridgehead atoms. The molecule has 1 heterocycles. The third kappa shape index (κ3) is 2.45. The van der Waals surface area contributed by atoms with Gasteiger partial charge in [-0.3, -0.25) is 14.6 Å². The lowest BCUT2D eigenvalue weighted by atomic mass is 9.47. The summed E-state index contributed by atoms with van der Waals surface area (Å²) in [6.45, 7) is 4.56. The van der Waals surface area contributed by atoms with E-state index in [-0.39, 0.29) is 22.8 Å². The highest BCUT2D eigenvalue weighted by atomic mass is 16.5. The SMILES string of the molecule is COC(=O)C1C=C2CC(=O)CCC2(C)C2CCC3C(CC[C@]34CCC(C)=N4)C12. The Balaban J connectivity index is 1.56. The summed E-state index contributed by atoms with van der Waals surface area (Å²) in [4.78, 5) is 30.2. The Morgan fingerprint density at radius 3 is 2.64 bits per heavy atom. The number of Topliss-reactive ketones (excluding diaryl/α,β-unsaturated/α-hetero) is 1. The summed E-state index contributed by atoms with van der Waals surface area (Å²) in [6, 6.07) is 0. The Bertz CT molecular complexity index is 783. The van der Waals surface area contributed by atoms with Crippen LogP contribution >= 0.6 is 0 Å². The fourth-order valence-corrected chi connectivity index (χ4v) is 8.02. The Labute approximate surface area is 168 Å². The minimum absolute atomic E-state index is 0.0820. The van der Waals surface area contributed by atoms with E-state index >= 15 is 0 Å². The van der Waals surface area contributed by atoms with Gasteiger partial charge >= 0.3 is 5.97 Å². The Morgan fingerprint density at radius 1 is 1.14 bits per heavy atom. The van der Waals surface area contributed by atoms with Gasteiger partial charge < -0.3 is 4.74 Å². The number of methoxy groups -OCH3 is 1. The topological polar surface area (TPSA) is 55.7 Å². The summed E-state index contributed by atoms with van der Waals surface area (Å²) in [7, 11) is 1.51. The molecular formula is C24H33NO3. The maximum Gasteiger partial charge on any atom is 0.312 e. The van der Waals surface area contributed by atoms with E-state index in [9.17, 15) is 9.59 Å². The summed E-state index contributed by atoms with van der Waals surface area (Å²) < 4.78 is 5.26. The molecule has 7 atom stereocenters. The Hall–Kier alpha value is -1.45. The standard InChI is InChI=1S/C24H33NO3/c1-14-6-10-24(25-14)11-8-17-19(24)4-5-20-21(17)18(22(27)28-3)13-15-12-16(26)7-9-23(15,20)2/h13,17-21H,4-12H2,1-3H3/t17?,18?,19?,20?,21?,23?,24-/m1/s1. The molecule has 4 aliphatic carbocycles. The van der Waals surface area contributed by atoms with Crippen LogP contribution in [0, 0.1) is 35.0 Å². The summed E-state index contributed by atoms with van der Waals surface area (Å²) in [5.74, 6) is 2.06. The van der Waals surface area contributed by atoms with Gasteiger partial charge in [0, 0.05) is 18.6 Å². The van der Waals surface area contributed by atoms with Crippen molar-refractivity contribution in [2.24, 2.45) is 40.0 Å². The Kier molecular flexibility index (Phi) is 4.16. The zero-order chi connectivity index (χ0) is 19.7. The van der Waals surface area contributed by atoms with Crippen LogP contribution < -0.4 is 0 Å². The van der Waals surface area contributed by atoms with Crippen molar-refractivity contribution in [1.82, 2.24) is 0 Å². The second-order valence-corrected chi connectivity index (χ2v) is 10.4. The lowest BCUT2D eigenvalue weighted by molar-refractivity contribution is -0.151. The van der Waals surface area contributed by atoms with Crippen LogP contribution in [0.2, 0.25) is 0 Å². The molecule has 3 fully saturated rings. The highest BCUT2D eigenvalue weighted by Crippen LogP contribution is 2.65. The molecule has 4 heteroatoms. The van der Waals surface area contributed by atoms with Crippen molar-refractivity contribution < 1.29 is 14.3 Å². The first-order valence-corrected chi connectivity index (χ1v) is 11.2. The van der Waals surface area contributed by atoms with Crippen LogP contribution in [0.25, 0.3) is 0 Å². The predicted molar refractivity (Wildman–Crippen MR) is 108 cm³/mol. The molecule has 4 nitrogen and oxygen atoms in total. The maximum absolute atomic E-state index is 12.9. The van der Waals surface area contributed by atoms with Crippen LogP contribution in [0.1, 0.15) is 71.6 Å². The van der Waals surface area contributed by atoms with E-state index < -0.39 is 0 Å². The molecule has 5 rings (SSSR count). The molecule has 0 saturated heterocycles. The monoisotopic (exact) mass is 383 g/mol. The fourth-order valence-electron chi connectivity index (χ4n) is 8.02. The summed E-state index contributed by atoms with van der Waals surface area (Å²) in [6.07, 6.45) is 11.5. The third-order valence-corrected chi connectivity index (χ3v) is 9.33. The minimum Gasteiger partial charge on any atom is -0.469 e. The van der Waals surface area contributed by atoms with Crippen LogP contribution in [0.4, 0.5) is 0 Å². The number of ketones is 1. The number of hydrogen-bond acceptors (Lipinski definition) is 4. The quantitative estimate of drug-likeness (QED) is 0.494. The molecule has 1 aliphatic heterocycles. The number of nitrogens with zero attached hydrogens (tertiary/aromatic N) is 1. The maximum atomic E-state index is 12.9. The van der Waals surface area contributed by atoms with Crippen molar-refractivity contribution in [2.45, 2.75) is 77.2 Å². The van der Waals surface area contributed by atoms with Gasteiger partial charge in [-0.15, -0.1) is 0 Å².